The van der Waals surface area contributed by atoms with Gasteiger partial charge in [-0.25, -0.2) is 4.39 Å². The molecule has 0 radical (unpaired) electrons. The standard InChI is InChI=1S/C12H14ClFN2O/c13-9-3-1-2-8(10(9)14)6-16-12(17)11(15)7-4-5-7/h1-3,7,11H,4-6,15H2,(H,16,17)/t11-/m0/s1. The molecule has 2 rings (SSSR count). The molecule has 1 aromatic carbocycles. The minimum atomic E-state index is -0.491. The predicted octanol–water partition coefficient (Wildman–Crippen LogP) is 1.83. The zero-order valence-electron chi connectivity index (χ0n) is 9.25. The minimum absolute atomic E-state index is 0.0586. The van der Waals surface area contributed by atoms with Crippen LogP contribution in [0.1, 0.15) is 18.4 Å². The van der Waals surface area contributed by atoms with Crippen molar-refractivity contribution in [2.75, 3.05) is 0 Å². The molecule has 1 aliphatic carbocycles. The van der Waals surface area contributed by atoms with E-state index < -0.39 is 11.9 Å². The summed E-state index contributed by atoms with van der Waals surface area (Å²) in [6.45, 7) is 0.117. The van der Waals surface area contributed by atoms with E-state index in [1.807, 2.05) is 0 Å². The van der Waals surface area contributed by atoms with E-state index in [9.17, 15) is 9.18 Å². The Balaban J connectivity index is 1.93. The van der Waals surface area contributed by atoms with Crippen molar-refractivity contribution in [1.29, 1.82) is 0 Å². The van der Waals surface area contributed by atoms with Gasteiger partial charge in [0.2, 0.25) is 5.91 Å². The lowest BCUT2D eigenvalue weighted by Gasteiger charge is -2.11. The summed E-state index contributed by atoms with van der Waals surface area (Å²) in [5.41, 5.74) is 6.09. The Morgan fingerprint density at radius 2 is 2.29 bits per heavy atom. The first-order valence-corrected chi connectivity index (χ1v) is 5.93. The maximum atomic E-state index is 13.5. The van der Waals surface area contributed by atoms with Gasteiger partial charge in [0.25, 0.3) is 0 Å². The molecule has 3 nitrogen and oxygen atoms in total. The van der Waals surface area contributed by atoms with Crippen molar-refractivity contribution in [2.45, 2.75) is 25.4 Å². The second-order valence-corrected chi connectivity index (χ2v) is 4.70. The van der Waals surface area contributed by atoms with Crippen LogP contribution in [0.25, 0.3) is 0 Å². The summed E-state index contributed by atoms with van der Waals surface area (Å²) in [7, 11) is 0. The second kappa shape index (κ2) is 5.02. The Morgan fingerprint density at radius 1 is 1.59 bits per heavy atom. The summed E-state index contributed by atoms with van der Waals surface area (Å²) in [5, 5.41) is 2.68. The monoisotopic (exact) mass is 256 g/mol. The smallest absolute Gasteiger partial charge is 0.237 e. The van der Waals surface area contributed by atoms with Crippen LogP contribution in [0.3, 0.4) is 0 Å². The van der Waals surface area contributed by atoms with Crippen molar-refractivity contribution in [3.05, 3.63) is 34.6 Å². The van der Waals surface area contributed by atoms with Gasteiger partial charge in [-0.05, 0) is 24.8 Å². The third-order valence-electron chi connectivity index (χ3n) is 2.92. The van der Waals surface area contributed by atoms with E-state index in [2.05, 4.69) is 5.32 Å². The predicted molar refractivity (Wildman–Crippen MR) is 64.0 cm³/mol. The Bertz CT molecular complexity index is 435. The van der Waals surface area contributed by atoms with Crippen LogP contribution in [0, 0.1) is 11.7 Å². The van der Waals surface area contributed by atoms with Gasteiger partial charge in [0.05, 0.1) is 11.1 Å². The maximum absolute atomic E-state index is 13.5. The summed E-state index contributed by atoms with van der Waals surface area (Å²) >= 11 is 5.64. The Kier molecular flexibility index (Phi) is 3.64. The number of benzene rings is 1. The SMILES string of the molecule is N[C@H](C(=O)NCc1cccc(Cl)c1F)C1CC1. The molecule has 0 unspecified atom stereocenters. The molecule has 3 N–H and O–H groups in total. The van der Waals surface area contributed by atoms with Gasteiger partial charge in [0, 0.05) is 12.1 Å². The van der Waals surface area contributed by atoms with Gasteiger partial charge in [-0.1, -0.05) is 23.7 Å². The number of hydrogen-bond acceptors (Lipinski definition) is 2. The number of nitrogens with two attached hydrogens (primary N) is 1. The zero-order valence-corrected chi connectivity index (χ0v) is 10.0. The van der Waals surface area contributed by atoms with Gasteiger partial charge in [0.15, 0.2) is 0 Å². The van der Waals surface area contributed by atoms with Crippen molar-refractivity contribution in [2.24, 2.45) is 11.7 Å². The Labute approximate surface area is 104 Å². The van der Waals surface area contributed by atoms with E-state index in [4.69, 9.17) is 17.3 Å². The Hall–Kier alpha value is -1.13. The fourth-order valence-electron chi connectivity index (χ4n) is 1.65. The molecule has 17 heavy (non-hydrogen) atoms. The van der Waals surface area contributed by atoms with E-state index >= 15 is 0 Å². The summed E-state index contributed by atoms with van der Waals surface area (Å²) in [4.78, 5) is 11.6. The molecule has 1 atom stereocenters. The van der Waals surface area contributed by atoms with Crippen LogP contribution in [-0.2, 0) is 11.3 Å². The number of nitrogens with one attached hydrogen (secondary N) is 1. The van der Waals surface area contributed by atoms with Gasteiger partial charge in [-0.15, -0.1) is 0 Å². The summed E-state index contributed by atoms with van der Waals surface area (Å²) in [6.07, 6.45) is 2.00. The van der Waals surface area contributed by atoms with Gasteiger partial charge in [0.1, 0.15) is 5.82 Å². The molecule has 5 heteroatoms. The molecule has 0 saturated heterocycles. The van der Waals surface area contributed by atoms with Crippen LogP contribution in [0.15, 0.2) is 18.2 Å². The van der Waals surface area contributed by atoms with E-state index in [0.29, 0.717) is 11.5 Å². The third kappa shape index (κ3) is 2.96. The topological polar surface area (TPSA) is 55.1 Å². The van der Waals surface area contributed by atoms with Crippen molar-refractivity contribution >= 4 is 17.5 Å². The van der Waals surface area contributed by atoms with Crippen molar-refractivity contribution in [3.63, 3.8) is 0 Å². The number of carbonyl (C=O) groups excluding carboxylic acids is 1. The molecule has 1 aromatic rings. The molecule has 0 spiro atoms. The number of halogens is 2. The second-order valence-electron chi connectivity index (χ2n) is 4.29. The van der Waals surface area contributed by atoms with Crippen molar-refractivity contribution in [1.82, 2.24) is 5.32 Å². The van der Waals surface area contributed by atoms with Crippen LogP contribution < -0.4 is 11.1 Å². The highest BCUT2D eigenvalue weighted by molar-refractivity contribution is 6.30. The van der Waals surface area contributed by atoms with Gasteiger partial charge < -0.3 is 11.1 Å². The molecule has 0 aromatic heterocycles. The summed E-state index contributed by atoms with van der Waals surface area (Å²) in [6, 6.07) is 4.23. The van der Waals surface area contributed by atoms with E-state index in [1.165, 1.54) is 6.07 Å². The molecule has 1 fully saturated rings. The number of rotatable bonds is 4. The van der Waals surface area contributed by atoms with Gasteiger partial charge in [-0.2, -0.15) is 0 Å². The third-order valence-corrected chi connectivity index (χ3v) is 3.21. The highest BCUT2D eigenvalue weighted by atomic mass is 35.5. The van der Waals surface area contributed by atoms with Gasteiger partial charge >= 0.3 is 0 Å². The normalized spacial score (nSPS) is 16.6. The highest BCUT2D eigenvalue weighted by Crippen LogP contribution is 2.31. The largest absolute Gasteiger partial charge is 0.351 e. The first-order chi connectivity index (χ1) is 8.09. The lowest BCUT2D eigenvalue weighted by atomic mass is 10.1. The van der Waals surface area contributed by atoms with Crippen molar-refractivity contribution < 1.29 is 9.18 Å². The molecular formula is C12H14ClFN2O. The minimum Gasteiger partial charge on any atom is -0.351 e. The van der Waals surface area contributed by atoms with Gasteiger partial charge in [-0.3, -0.25) is 4.79 Å². The molecule has 1 amide bonds. The van der Waals surface area contributed by atoms with E-state index in [0.717, 1.165) is 12.8 Å². The number of amides is 1. The van der Waals surface area contributed by atoms with Crippen LogP contribution in [0.5, 0.6) is 0 Å². The molecule has 1 aliphatic rings. The summed E-state index contributed by atoms with van der Waals surface area (Å²) < 4.78 is 13.5. The zero-order chi connectivity index (χ0) is 12.4. The number of carbonyl (C=O) groups is 1. The van der Waals surface area contributed by atoms with Crippen LogP contribution in [0.2, 0.25) is 5.02 Å². The molecule has 0 bridgehead atoms. The fraction of sp³-hybridized carbons (Fsp3) is 0.417. The quantitative estimate of drug-likeness (QED) is 0.864. The fourth-order valence-corrected chi connectivity index (χ4v) is 1.85. The molecule has 0 heterocycles. The van der Waals surface area contributed by atoms with Crippen LogP contribution in [0.4, 0.5) is 4.39 Å². The average molecular weight is 257 g/mol. The average Bonchev–Trinajstić information content (AvgIpc) is 3.13. The van der Waals surface area contributed by atoms with Crippen LogP contribution in [-0.4, -0.2) is 11.9 Å². The van der Waals surface area contributed by atoms with Crippen molar-refractivity contribution in [3.8, 4) is 0 Å². The first kappa shape index (κ1) is 12.3. The lowest BCUT2D eigenvalue weighted by Crippen LogP contribution is -2.41. The first-order valence-electron chi connectivity index (χ1n) is 5.56. The molecule has 1 saturated carbocycles. The molecule has 92 valence electrons. The number of hydrogen-bond donors (Lipinski definition) is 2. The van der Waals surface area contributed by atoms with E-state index in [1.54, 1.807) is 12.1 Å². The molecular weight excluding hydrogens is 243 g/mol. The highest BCUT2D eigenvalue weighted by Gasteiger charge is 2.33. The summed E-state index contributed by atoms with van der Waals surface area (Å²) in [5.74, 6) is -0.430. The van der Waals surface area contributed by atoms with E-state index in [-0.39, 0.29) is 17.5 Å². The van der Waals surface area contributed by atoms with Crippen LogP contribution >= 0.6 is 11.6 Å². The Morgan fingerprint density at radius 3 is 2.94 bits per heavy atom. The molecule has 0 aliphatic heterocycles. The lowest BCUT2D eigenvalue weighted by molar-refractivity contribution is -0.122. The maximum Gasteiger partial charge on any atom is 0.237 e.